The van der Waals surface area contributed by atoms with Crippen molar-refractivity contribution in [1.29, 1.82) is 0 Å². The Labute approximate surface area is 114 Å². The number of nitrogens with zero attached hydrogens (tertiary/aromatic N) is 3. The zero-order valence-electron chi connectivity index (χ0n) is 10.2. The Morgan fingerprint density at radius 2 is 2.28 bits per heavy atom. The molecule has 18 heavy (non-hydrogen) atoms. The summed E-state index contributed by atoms with van der Waals surface area (Å²) in [6.07, 6.45) is 6.32. The van der Waals surface area contributed by atoms with Crippen LogP contribution in [-0.2, 0) is 6.54 Å². The molecule has 0 fully saturated rings. The third kappa shape index (κ3) is 2.05. The summed E-state index contributed by atoms with van der Waals surface area (Å²) in [5.41, 5.74) is 1.12. The normalized spacial score (nSPS) is 27.5. The molecule has 2 unspecified atom stereocenters. The van der Waals surface area contributed by atoms with Gasteiger partial charge in [0.05, 0.1) is 0 Å². The maximum absolute atomic E-state index is 13.2. The molecule has 0 amide bonds. The van der Waals surface area contributed by atoms with Crippen molar-refractivity contribution < 1.29 is 4.39 Å². The van der Waals surface area contributed by atoms with E-state index >= 15 is 0 Å². The van der Waals surface area contributed by atoms with Crippen LogP contribution in [0.2, 0.25) is 0 Å². The lowest BCUT2D eigenvalue weighted by Crippen LogP contribution is -2.24. The first-order valence-electron chi connectivity index (χ1n) is 6.29. The van der Waals surface area contributed by atoms with Gasteiger partial charge in [0.1, 0.15) is 11.7 Å². The first-order chi connectivity index (χ1) is 8.65. The number of fused-ring (bicyclic) bond motifs is 1. The summed E-state index contributed by atoms with van der Waals surface area (Å²) in [7, 11) is 0. The fraction of sp³-hybridized carbons (Fsp3) is 0.538. The van der Waals surface area contributed by atoms with Crippen LogP contribution in [0.15, 0.2) is 28.3 Å². The summed E-state index contributed by atoms with van der Waals surface area (Å²) < 4.78 is 15.9. The topological polar surface area (TPSA) is 30.7 Å². The van der Waals surface area contributed by atoms with Gasteiger partial charge in [-0.3, -0.25) is 0 Å². The van der Waals surface area contributed by atoms with Crippen LogP contribution < -0.4 is 0 Å². The fourth-order valence-corrected chi connectivity index (χ4v) is 3.40. The molecule has 3 nitrogen and oxygen atoms in total. The van der Waals surface area contributed by atoms with Crippen molar-refractivity contribution in [3.8, 4) is 0 Å². The van der Waals surface area contributed by atoms with Gasteiger partial charge in [0.25, 0.3) is 0 Å². The van der Waals surface area contributed by atoms with Crippen molar-refractivity contribution in [2.24, 2.45) is 5.92 Å². The Morgan fingerprint density at radius 1 is 1.44 bits per heavy atom. The van der Waals surface area contributed by atoms with E-state index in [1.54, 1.807) is 12.2 Å². The van der Waals surface area contributed by atoms with E-state index in [4.69, 9.17) is 0 Å². The molecule has 0 N–H and O–H groups in total. The van der Waals surface area contributed by atoms with E-state index in [1.165, 1.54) is 0 Å². The molecule has 2 atom stereocenters. The van der Waals surface area contributed by atoms with Gasteiger partial charge in [0, 0.05) is 12.5 Å². The van der Waals surface area contributed by atoms with E-state index in [1.807, 2.05) is 11.6 Å². The number of rotatable bonds is 1. The number of allylic oxidation sites excluding steroid dienone is 4. The van der Waals surface area contributed by atoms with Gasteiger partial charge in [0.2, 0.25) is 4.73 Å². The van der Waals surface area contributed by atoms with Crippen LogP contribution in [0.4, 0.5) is 4.39 Å². The molecule has 1 aliphatic heterocycles. The number of hydrogen-bond acceptors (Lipinski definition) is 2. The van der Waals surface area contributed by atoms with E-state index in [-0.39, 0.29) is 5.83 Å². The van der Waals surface area contributed by atoms with Gasteiger partial charge in [-0.2, -0.15) is 0 Å². The minimum atomic E-state index is -0.109. The zero-order valence-corrected chi connectivity index (χ0v) is 11.8. The average Bonchev–Trinajstić information content (AvgIpc) is 2.69. The van der Waals surface area contributed by atoms with E-state index in [9.17, 15) is 4.39 Å². The number of aryl methyl sites for hydroxylation is 1. The second-order valence-electron chi connectivity index (χ2n) is 5.03. The molecule has 2 aliphatic rings. The molecule has 0 saturated carbocycles. The lowest BCUT2D eigenvalue weighted by atomic mass is 9.77. The maximum atomic E-state index is 13.2. The van der Waals surface area contributed by atoms with E-state index in [0.717, 1.165) is 37.2 Å². The van der Waals surface area contributed by atoms with Gasteiger partial charge >= 0.3 is 0 Å². The Kier molecular flexibility index (Phi) is 3.09. The van der Waals surface area contributed by atoms with Crippen LogP contribution in [0.5, 0.6) is 0 Å². The third-order valence-electron chi connectivity index (χ3n) is 3.89. The first-order valence-corrected chi connectivity index (χ1v) is 7.08. The summed E-state index contributed by atoms with van der Waals surface area (Å²) >= 11 is 3.34. The van der Waals surface area contributed by atoms with Crippen molar-refractivity contribution in [1.82, 2.24) is 14.8 Å². The Bertz CT molecular complexity index is 532. The van der Waals surface area contributed by atoms with Crippen molar-refractivity contribution in [3.63, 3.8) is 0 Å². The SMILES string of the molecule is CC1=CC(F)=CCC1C1CCCn2nc(Br)nc21. The molecular weight excluding hydrogens is 297 g/mol. The summed E-state index contributed by atoms with van der Waals surface area (Å²) in [4.78, 5) is 4.49. The lowest BCUT2D eigenvalue weighted by molar-refractivity contribution is 0.345. The highest BCUT2D eigenvalue weighted by Crippen LogP contribution is 2.40. The van der Waals surface area contributed by atoms with Gasteiger partial charge in [-0.1, -0.05) is 5.57 Å². The van der Waals surface area contributed by atoms with Crippen molar-refractivity contribution >= 4 is 15.9 Å². The Balaban J connectivity index is 1.93. The van der Waals surface area contributed by atoms with Crippen molar-refractivity contribution in [3.05, 3.63) is 34.1 Å². The smallest absolute Gasteiger partial charge is 0.217 e. The molecule has 1 aromatic heterocycles. The summed E-state index contributed by atoms with van der Waals surface area (Å²) in [5.74, 6) is 1.65. The Hall–Kier alpha value is -0.970. The second-order valence-corrected chi connectivity index (χ2v) is 5.74. The van der Waals surface area contributed by atoms with Crippen LogP contribution in [0.1, 0.15) is 37.9 Å². The first kappa shape index (κ1) is 12.1. The van der Waals surface area contributed by atoms with Crippen LogP contribution >= 0.6 is 15.9 Å². The molecule has 1 aromatic rings. The monoisotopic (exact) mass is 311 g/mol. The average molecular weight is 312 g/mol. The number of aromatic nitrogens is 3. The highest BCUT2D eigenvalue weighted by molar-refractivity contribution is 9.10. The molecule has 96 valence electrons. The van der Waals surface area contributed by atoms with Gasteiger partial charge < -0.3 is 0 Å². The summed E-state index contributed by atoms with van der Waals surface area (Å²) in [6.45, 7) is 2.95. The van der Waals surface area contributed by atoms with Gasteiger partial charge in [0.15, 0.2) is 0 Å². The third-order valence-corrected chi connectivity index (χ3v) is 4.23. The summed E-state index contributed by atoms with van der Waals surface area (Å²) in [5, 5.41) is 4.35. The molecule has 0 spiro atoms. The number of hydrogen-bond donors (Lipinski definition) is 0. The van der Waals surface area contributed by atoms with E-state index < -0.39 is 0 Å². The molecule has 2 heterocycles. The molecule has 0 bridgehead atoms. The predicted octanol–water partition coefficient (Wildman–Crippen LogP) is 3.74. The molecule has 0 radical (unpaired) electrons. The Morgan fingerprint density at radius 3 is 3.06 bits per heavy atom. The van der Waals surface area contributed by atoms with Crippen molar-refractivity contribution in [2.75, 3.05) is 0 Å². The van der Waals surface area contributed by atoms with Gasteiger partial charge in [-0.15, -0.1) is 5.10 Å². The van der Waals surface area contributed by atoms with Crippen LogP contribution in [0, 0.1) is 5.92 Å². The minimum Gasteiger partial charge on any atom is -0.249 e. The van der Waals surface area contributed by atoms with Crippen LogP contribution in [0.3, 0.4) is 0 Å². The molecule has 5 heteroatoms. The molecule has 0 aromatic carbocycles. The molecular formula is C13H15BrFN3. The highest BCUT2D eigenvalue weighted by atomic mass is 79.9. The highest BCUT2D eigenvalue weighted by Gasteiger charge is 2.32. The quantitative estimate of drug-likeness (QED) is 0.791. The largest absolute Gasteiger partial charge is 0.249 e. The summed E-state index contributed by atoms with van der Waals surface area (Å²) in [6, 6.07) is 0. The molecule has 3 rings (SSSR count). The standard InChI is InChI=1S/C13H15BrFN3/c1-8-7-9(15)4-5-10(8)11-3-2-6-18-12(11)16-13(14)17-18/h4,7,10-11H,2-3,5-6H2,1H3. The second kappa shape index (κ2) is 4.61. The van der Waals surface area contributed by atoms with Crippen LogP contribution in [0.25, 0.3) is 0 Å². The molecule has 1 aliphatic carbocycles. The van der Waals surface area contributed by atoms with Crippen molar-refractivity contribution in [2.45, 2.75) is 38.6 Å². The van der Waals surface area contributed by atoms with Gasteiger partial charge in [-0.25, -0.2) is 14.1 Å². The number of halogens is 2. The van der Waals surface area contributed by atoms with E-state index in [0.29, 0.717) is 16.6 Å². The lowest BCUT2D eigenvalue weighted by Gasteiger charge is -2.31. The predicted molar refractivity (Wildman–Crippen MR) is 70.8 cm³/mol. The maximum Gasteiger partial charge on any atom is 0.217 e. The van der Waals surface area contributed by atoms with E-state index in [2.05, 4.69) is 26.0 Å². The molecule has 0 saturated heterocycles. The minimum absolute atomic E-state index is 0.109. The van der Waals surface area contributed by atoms with Crippen LogP contribution in [-0.4, -0.2) is 14.8 Å². The van der Waals surface area contributed by atoms with Gasteiger partial charge in [-0.05, 0) is 60.2 Å². The fourth-order valence-electron chi connectivity index (χ4n) is 3.03. The zero-order chi connectivity index (χ0) is 12.7.